The maximum atomic E-state index is 13.0. The van der Waals surface area contributed by atoms with Crippen LogP contribution in [-0.4, -0.2) is 4.98 Å². The van der Waals surface area contributed by atoms with E-state index in [1.807, 2.05) is 0 Å². The van der Waals surface area contributed by atoms with E-state index in [-0.39, 0.29) is 10.0 Å². The fourth-order valence-electron chi connectivity index (χ4n) is 1.27. The third-order valence-electron chi connectivity index (χ3n) is 2.05. The van der Waals surface area contributed by atoms with Gasteiger partial charge in [0.2, 0.25) is 0 Å². The Labute approximate surface area is 107 Å². The predicted molar refractivity (Wildman–Crippen MR) is 68.4 cm³/mol. The molecule has 88 valence electrons. The van der Waals surface area contributed by atoms with E-state index in [0.29, 0.717) is 17.2 Å². The number of nitrogens with one attached hydrogen (secondary N) is 1. The lowest BCUT2D eigenvalue weighted by Crippen LogP contribution is -1.96. The Bertz CT molecular complexity index is 520. The van der Waals surface area contributed by atoms with Crippen molar-refractivity contribution in [1.82, 2.24) is 4.98 Å². The number of nitrogens with zero attached hydrogens (tertiary/aromatic N) is 1. The Morgan fingerprint density at radius 3 is 2.35 bits per heavy atom. The Kier molecular flexibility index (Phi) is 3.36. The van der Waals surface area contributed by atoms with Crippen molar-refractivity contribution in [2.24, 2.45) is 0 Å². The van der Waals surface area contributed by atoms with E-state index in [4.69, 9.17) is 28.9 Å². The van der Waals surface area contributed by atoms with Gasteiger partial charge in [-0.1, -0.05) is 23.2 Å². The number of rotatable bonds is 2. The molecule has 0 radical (unpaired) electrons. The van der Waals surface area contributed by atoms with Crippen molar-refractivity contribution in [3.8, 4) is 0 Å². The lowest BCUT2D eigenvalue weighted by molar-refractivity contribution is 0.628. The number of aromatic nitrogens is 1. The van der Waals surface area contributed by atoms with Gasteiger partial charge in [-0.2, -0.15) is 0 Å². The van der Waals surface area contributed by atoms with E-state index < -0.39 is 5.82 Å². The van der Waals surface area contributed by atoms with Crippen LogP contribution in [0.3, 0.4) is 0 Å². The highest BCUT2D eigenvalue weighted by molar-refractivity contribution is 6.39. The third kappa shape index (κ3) is 2.78. The average molecular weight is 272 g/mol. The van der Waals surface area contributed by atoms with Crippen LogP contribution >= 0.6 is 23.2 Å². The van der Waals surface area contributed by atoms with Gasteiger partial charge in [-0.05, 0) is 24.3 Å². The summed E-state index contributed by atoms with van der Waals surface area (Å²) in [6, 6.07) is 5.70. The predicted octanol–water partition coefficient (Wildman–Crippen LogP) is 3.85. The molecule has 0 amide bonds. The number of hydrogen-bond acceptors (Lipinski definition) is 3. The standard InChI is InChI=1S/C11H8Cl2FN3/c12-8-3-6(14)4-9(13)11(8)17-10-2-1-7(15)5-16-10/h1-5H,15H2,(H,16,17). The Balaban J connectivity index is 2.33. The molecule has 3 nitrogen and oxygen atoms in total. The number of benzene rings is 1. The fraction of sp³-hybridized carbons (Fsp3) is 0. The first kappa shape index (κ1) is 12.0. The summed E-state index contributed by atoms with van der Waals surface area (Å²) in [6.45, 7) is 0. The van der Waals surface area contributed by atoms with E-state index in [0.717, 1.165) is 0 Å². The molecule has 6 heteroatoms. The first-order valence-electron chi connectivity index (χ1n) is 4.69. The van der Waals surface area contributed by atoms with Gasteiger partial charge in [0, 0.05) is 0 Å². The molecule has 0 saturated heterocycles. The van der Waals surface area contributed by atoms with Gasteiger partial charge in [0.15, 0.2) is 0 Å². The van der Waals surface area contributed by atoms with Crippen LogP contribution in [0.4, 0.5) is 21.6 Å². The topological polar surface area (TPSA) is 50.9 Å². The quantitative estimate of drug-likeness (QED) is 0.872. The average Bonchev–Trinajstić information content (AvgIpc) is 2.26. The molecule has 2 rings (SSSR count). The molecule has 1 aromatic carbocycles. The zero-order valence-electron chi connectivity index (χ0n) is 8.55. The molecule has 1 heterocycles. The summed E-state index contributed by atoms with van der Waals surface area (Å²) in [4.78, 5) is 4.03. The number of hydrogen-bond donors (Lipinski definition) is 2. The zero-order chi connectivity index (χ0) is 12.4. The number of pyridine rings is 1. The van der Waals surface area contributed by atoms with Crippen molar-refractivity contribution in [1.29, 1.82) is 0 Å². The molecular weight excluding hydrogens is 264 g/mol. The number of nitrogens with two attached hydrogens (primary N) is 1. The van der Waals surface area contributed by atoms with Gasteiger partial charge < -0.3 is 11.1 Å². The zero-order valence-corrected chi connectivity index (χ0v) is 10.1. The SMILES string of the molecule is Nc1ccc(Nc2c(Cl)cc(F)cc2Cl)nc1. The summed E-state index contributed by atoms with van der Waals surface area (Å²) >= 11 is 11.8. The molecule has 0 bridgehead atoms. The normalized spacial score (nSPS) is 10.3. The summed E-state index contributed by atoms with van der Waals surface area (Å²) in [5, 5.41) is 3.27. The van der Waals surface area contributed by atoms with Crippen LogP contribution in [0, 0.1) is 5.82 Å². The van der Waals surface area contributed by atoms with Crippen LogP contribution in [0.5, 0.6) is 0 Å². The maximum absolute atomic E-state index is 13.0. The number of anilines is 3. The molecule has 3 N–H and O–H groups in total. The molecule has 0 fully saturated rings. The van der Waals surface area contributed by atoms with E-state index in [1.165, 1.54) is 18.3 Å². The highest BCUT2D eigenvalue weighted by Gasteiger charge is 2.09. The molecule has 0 aliphatic rings. The van der Waals surface area contributed by atoms with E-state index in [2.05, 4.69) is 10.3 Å². The van der Waals surface area contributed by atoms with Crippen molar-refractivity contribution >= 4 is 40.4 Å². The van der Waals surface area contributed by atoms with E-state index >= 15 is 0 Å². The van der Waals surface area contributed by atoms with Crippen molar-refractivity contribution < 1.29 is 4.39 Å². The van der Waals surface area contributed by atoms with Gasteiger partial charge in [0.05, 0.1) is 27.6 Å². The highest BCUT2D eigenvalue weighted by Crippen LogP contribution is 2.33. The van der Waals surface area contributed by atoms with E-state index in [1.54, 1.807) is 12.1 Å². The van der Waals surface area contributed by atoms with Crippen LogP contribution in [0.15, 0.2) is 30.5 Å². The maximum Gasteiger partial charge on any atom is 0.130 e. The van der Waals surface area contributed by atoms with E-state index in [9.17, 15) is 4.39 Å². The first-order valence-corrected chi connectivity index (χ1v) is 5.45. The van der Waals surface area contributed by atoms with Crippen molar-refractivity contribution in [2.45, 2.75) is 0 Å². The summed E-state index contributed by atoms with van der Waals surface area (Å²) in [5.74, 6) is 0.0328. The number of halogens is 3. The van der Waals surface area contributed by atoms with Crippen molar-refractivity contribution in [2.75, 3.05) is 11.1 Å². The Hall–Kier alpha value is -1.52. The second-order valence-corrected chi connectivity index (χ2v) is 4.16. The highest BCUT2D eigenvalue weighted by atomic mass is 35.5. The molecule has 0 aliphatic carbocycles. The molecule has 1 aromatic heterocycles. The lowest BCUT2D eigenvalue weighted by Gasteiger charge is -2.09. The van der Waals surface area contributed by atoms with Crippen molar-refractivity contribution in [3.63, 3.8) is 0 Å². The Morgan fingerprint density at radius 1 is 1.18 bits per heavy atom. The lowest BCUT2D eigenvalue weighted by atomic mass is 10.3. The molecule has 0 aliphatic heterocycles. The summed E-state index contributed by atoms with van der Waals surface area (Å²) in [7, 11) is 0. The van der Waals surface area contributed by atoms with Gasteiger partial charge >= 0.3 is 0 Å². The minimum Gasteiger partial charge on any atom is -0.397 e. The number of nitrogen functional groups attached to an aromatic ring is 1. The summed E-state index contributed by atoms with van der Waals surface area (Å²) < 4.78 is 13.0. The minimum absolute atomic E-state index is 0.189. The summed E-state index contributed by atoms with van der Waals surface area (Å²) in [5.41, 5.74) is 6.47. The van der Waals surface area contributed by atoms with Gasteiger partial charge in [0.1, 0.15) is 11.6 Å². The molecule has 2 aromatic rings. The van der Waals surface area contributed by atoms with Gasteiger partial charge in [0.25, 0.3) is 0 Å². The van der Waals surface area contributed by atoms with Crippen LogP contribution < -0.4 is 11.1 Å². The summed E-state index contributed by atoms with van der Waals surface area (Å²) in [6.07, 6.45) is 1.49. The van der Waals surface area contributed by atoms with Crippen LogP contribution in [0.1, 0.15) is 0 Å². The molecule has 17 heavy (non-hydrogen) atoms. The molecule has 0 saturated carbocycles. The van der Waals surface area contributed by atoms with Crippen LogP contribution in [-0.2, 0) is 0 Å². The van der Waals surface area contributed by atoms with Crippen LogP contribution in [0.25, 0.3) is 0 Å². The van der Waals surface area contributed by atoms with Crippen molar-refractivity contribution in [3.05, 3.63) is 46.3 Å². The minimum atomic E-state index is -0.490. The second kappa shape index (κ2) is 4.77. The monoisotopic (exact) mass is 271 g/mol. The molecule has 0 atom stereocenters. The van der Waals surface area contributed by atoms with Gasteiger partial charge in [-0.3, -0.25) is 0 Å². The molecule has 0 spiro atoms. The van der Waals surface area contributed by atoms with Gasteiger partial charge in [-0.15, -0.1) is 0 Å². The third-order valence-corrected chi connectivity index (χ3v) is 2.64. The Morgan fingerprint density at radius 2 is 1.82 bits per heavy atom. The van der Waals surface area contributed by atoms with Gasteiger partial charge in [-0.25, -0.2) is 9.37 Å². The second-order valence-electron chi connectivity index (χ2n) is 3.35. The molecular formula is C11H8Cl2FN3. The largest absolute Gasteiger partial charge is 0.397 e. The smallest absolute Gasteiger partial charge is 0.130 e. The molecule has 0 unspecified atom stereocenters. The van der Waals surface area contributed by atoms with Crippen LogP contribution in [0.2, 0.25) is 10.0 Å². The fourth-order valence-corrected chi connectivity index (χ4v) is 1.82. The first-order chi connectivity index (χ1) is 8.06.